The molecule has 0 aliphatic heterocycles. The van der Waals surface area contributed by atoms with E-state index in [9.17, 15) is 0 Å². The van der Waals surface area contributed by atoms with Crippen molar-refractivity contribution in [3.8, 4) is 0 Å². The average molecular weight is 269 g/mol. The van der Waals surface area contributed by atoms with Gasteiger partial charge in [-0.05, 0) is 24.6 Å². The van der Waals surface area contributed by atoms with Crippen LogP contribution in [0.3, 0.4) is 0 Å². The Morgan fingerprint density at radius 3 is 2.39 bits per heavy atom. The zero-order valence-corrected chi connectivity index (χ0v) is 12.4. The molecule has 3 heteroatoms. The topological polar surface area (TPSA) is 29.3 Å². The minimum atomic E-state index is 0. The molecule has 0 fully saturated rings. The molecule has 0 aliphatic carbocycles. The van der Waals surface area contributed by atoms with E-state index >= 15 is 0 Å². The number of rotatable bonds is 6. The van der Waals surface area contributed by atoms with Crippen LogP contribution in [0.5, 0.6) is 0 Å². The van der Waals surface area contributed by atoms with Crippen LogP contribution >= 0.6 is 12.4 Å². The van der Waals surface area contributed by atoms with Crippen molar-refractivity contribution in [2.75, 3.05) is 26.7 Å². The fraction of sp³-hybridized carbons (Fsp3) is 0.467. The quantitative estimate of drug-likeness (QED) is 0.859. The third-order valence-electron chi connectivity index (χ3n) is 2.78. The smallest absolute Gasteiger partial charge is 0.0163 e. The van der Waals surface area contributed by atoms with Gasteiger partial charge in [0, 0.05) is 13.1 Å². The van der Waals surface area contributed by atoms with Gasteiger partial charge in [-0.3, -0.25) is 0 Å². The number of nitrogens with zero attached hydrogens (tertiary/aromatic N) is 1. The van der Waals surface area contributed by atoms with E-state index < -0.39 is 0 Å². The number of nitrogens with two attached hydrogens (primary N) is 1. The highest BCUT2D eigenvalue weighted by molar-refractivity contribution is 5.85. The Morgan fingerprint density at radius 2 is 1.83 bits per heavy atom. The Morgan fingerprint density at radius 1 is 1.22 bits per heavy atom. The van der Waals surface area contributed by atoms with Crippen molar-refractivity contribution in [2.24, 2.45) is 11.1 Å². The highest BCUT2D eigenvalue weighted by Crippen LogP contribution is 2.13. The first-order valence-corrected chi connectivity index (χ1v) is 6.14. The van der Waals surface area contributed by atoms with Crippen molar-refractivity contribution in [3.05, 3.63) is 42.0 Å². The summed E-state index contributed by atoms with van der Waals surface area (Å²) in [6, 6.07) is 10.4. The number of hydrogen-bond acceptors (Lipinski definition) is 2. The van der Waals surface area contributed by atoms with E-state index in [0.29, 0.717) is 0 Å². The molecule has 1 aromatic rings. The maximum atomic E-state index is 5.73. The van der Waals surface area contributed by atoms with Gasteiger partial charge in [0.2, 0.25) is 0 Å². The van der Waals surface area contributed by atoms with E-state index in [1.807, 2.05) is 6.07 Å². The first kappa shape index (κ1) is 17.2. The van der Waals surface area contributed by atoms with E-state index in [2.05, 4.69) is 62.2 Å². The van der Waals surface area contributed by atoms with Crippen molar-refractivity contribution in [1.82, 2.24) is 4.90 Å². The van der Waals surface area contributed by atoms with Gasteiger partial charge in [0.25, 0.3) is 0 Å². The summed E-state index contributed by atoms with van der Waals surface area (Å²) in [5.74, 6) is 0. The maximum absolute atomic E-state index is 5.73. The minimum Gasteiger partial charge on any atom is -0.330 e. The molecule has 0 radical (unpaired) electrons. The van der Waals surface area contributed by atoms with Crippen LogP contribution in [0.15, 0.2) is 36.4 Å². The summed E-state index contributed by atoms with van der Waals surface area (Å²) in [6.45, 7) is 7.09. The van der Waals surface area contributed by atoms with Gasteiger partial charge < -0.3 is 10.6 Å². The molecule has 0 saturated heterocycles. The zero-order chi connectivity index (χ0) is 12.7. The second kappa shape index (κ2) is 8.30. The molecule has 1 aromatic carbocycles. The molecule has 0 heterocycles. The van der Waals surface area contributed by atoms with E-state index in [1.165, 1.54) is 5.56 Å². The van der Waals surface area contributed by atoms with Crippen LogP contribution < -0.4 is 5.73 Å². The third-order valence-corrected chi connectivity index (χ3v) is 2.78. The number of likely N-dealkylation sites (N-methyl/N-ethyl adjacent to an activating group) is 1. The summed E-state index contributed by atoms with van der Waals surface area (Å²) in [7, 11) is 2.13. The van der Waals surface area contributed by atoms with Gasteiger partial charge in [-0.1, -0.05) is 56.3 Å². The molecule has 0 saturated carbocycles. The van der Waals surface area contributed by atoms with Gasteiger partial charge in [-0.25, -0.2) is 0 Å². The van der Waals surface area contributed by atoms with Crippen LogP contribution in [0, 0.1) is 5.41 Å². The zero-order valence-electron chi connectivity index (χ0n) is 11.6. The minimum absolute atomic E-state index is 0. The lowest BCUT2D eigenvalue weighted by molar-refractivity contribution is 0.232. The number of benzene rings is 1. The fourth-order valence-corrected chi connectivity index (χ4v) is 1.79. The van der Waals surface area contributed by atoms with Gasteiger partial charge in [-0.2, -0.15) is 0 Å². The van der Waals surface area contributed by atoms with Crippen LogP contribution in [0.4, 0.5) is 0 Å². The monoisotopic (exact) mass is 268 g/mol. The maximum Gasteiger partial charge on any atom is 0.0163 e. The molecule has 0 atom stereocenters. The lowest BCUT2D eigenvalue weighted by atomic mass is 9.93. The summed E-state index contributed by atoms with van der Waals surface area (Å²) in [5, 5.41) is 0. The molecule has 1 rings (SSSR count). The standard InChI is InChI=1S/C15H24N2.ClH/c1-15(2,12-16)13-17(3)11-7-10-14-8-5-4-6-9-14;/h4-10H,11-13,16H2,1-3H3;1H/b10-7+;. The molecule has 0 aliphatic rings. The van der Waals surface area contributed by atoms with E-state index in [0.717, 1.165) is 19.6 Å². The largest absolute Gasteiger partial charge is 0.330 e. The van der Waals surface area contributed by atoms with Gasteiger partial charge >= 0.3 is 0 Å². The number of halogens is 1. The first-order valence-electron chi connectivity index (χ1n) is 6.14. The van der Waals surface area contributed by atoms with E-state index in [1.54, 1.807) is 0 Å². The highest BCUT2D eigenvalue weighted by Gasteiger charge is 2.16. The molecule has 102 valence electrons. The molecule has 0 unspecified atom stereocenters. The second-order valence-corrected chi connectivity index (χ2v) is 5.38. The average Bonchev–Trinajstić information content (AvgIpc) is 2.30. The summed E-state index contributed by atoms with van der Waals surface area (Å²) in [5.41, 5.74) is 7.17. The normalized spacial score (nSPS) is 11.8. The molecule has 0 amide bonds. The van der Waals surface area contributed by atoms with Gasteiger partial charge in [-0.15, -0.1) is 12.4 Å². The Kier molecular flexibility index (Phi) is 7.92. The van der Waals surface area contributed by atoms with Crippen LogP contribution in [0.25, 0.3) is 6.08 Å². The molecule has 0 bridgehead atoms. The lowest BCUT2D eigenvalue weighted by Crippen LogP contribution is -2.36. The second-order valence-electron chi connectivity index (χ2n) is 5.38. The summed E-state index contributed by atoms with van der Waals surface area (Å²) in [4.78, 5) is 2.30. The molecular formula is C15H25ClN2. The molecule has 18 heavy (non-hydrogen) atoms. The van der Waals surface area contributed by atoms with Crippen molar-refractivity contribution in [3.63, 3.8) is 0 Å². The SMILES string of the molecule is CN(C/C=C/c1ccccc1)CC(C)(C)CN.Cl. The molecule has 0 aromatic heterocycles. The van der Waals surface area contributed by atoms with Crippen molar-refractivity contribution < 1.29 is 0 Å². The lowest BCUT2D eigenvalue weighted by Gasteiger charge is -2.28. The summed E-state index contributed by atoms with van der Waals surface area (Å²) in [6.07, 6.45) is 4.36. The van der Waals surface area contributed by atoms with Gasteiger partial charge in [0.1, 0.15) is 0 Å². The van der Waals surface area contributed by atoms with Crippen LogP contribution in [-0.2, 0) is 0 Å². The third kappa shape index (κ3) is 6.80. The molecule has 0 spiro atoms. The summed E-state index contributed by atoms with van der Waals surface area (Å²) < 4.78 is 0. The summed E-state index contributed by atoms with van der Waals surface area (Å²) >= 11 is 0. The Labute approximate surface area is 117 Å². The van der Waals surface area contributed by atoms with E-state index in [4.69, 9.17) is 5.73 Å². The highest BCUT2D eigenvalue weighted by atomic mass is 35.5. The van der Waals surface area contributed by atoms with Crippen molar-refractivity contribution in [2.45, 2.75) is 13.8 Å². The Hall–Kier alpha value is -0.830. The Bertz CT molecular complexity index is 347. The Balaban J connectivity index is 0.00000289. The van der Waals surface area contributed by atoms with Crippen LogP contribution in [-0.4, -0.2) is 31.6 Å². The fourth-order valence-electron chi connectivity index (χ4n) is 1.79. The van der Waals surface area contributed by atoms with Gasteiger partial charge in [0.05, 0.1) is 0 Å². The first-order chi connectivity index (χ1) is 8.03. The predicted octanol–water partition coefficient (Wildman–Crippen LogP) is 3.04. The van der Waals surface area contributed by atoms with Crippen LogP contribution in [0.1, 0.15) is 19.4 Å². The van der Waals surface area contributed by atoms with Crippen molar-refractivity contribution >= 4 is 18.5 Å². The van der Waals surface area contributed by atoms with Crippen LogP contribution in [0.2, 0.25) is 0 Å². The van der Waals surface area contributed by atoms with Crippen molar-refractivity contribution in [1.29, 1.82) is 0 Å². The molecule has 2 N–H and O–H groups in total. The number of hydrogen-bond donors (Lipinski definition) is 1. The predicted molar refractivity (Wildman–Crippen MR) is 83.1 cm³/mol. The van der Waals surface area contributed by atoms with E-state index in [-0.39, 0.29) is 17.8 Å². The van der Waals surface area contributed by atoms with Gasteiger partial charge in [0.15, 0.2) is 0 Å². The molecule has 2 nitrogen and oxygen atoms in total. The molecular weight excluding hydrogens is 244 g/mol.